The quantitative estimate of drug-likeness (QED) is 0.916. The Labute approximate surface area is 129 Å². The molecule has 2 heterocycles. The van der Waals surface area contributed by atoms with Crippen molar-refractivity contribution in [2.24, 2.45) is 5.10 Å². The Morgan fingerprint density at radius 2 is 2.00 bits per heavy atom. The Bertz CT molecular complexity index is 650. The van der Waals surface area contributed by atoms with E-state index in [-0.39, 0.29) is 11.8 Å². The number of nitrogens with zero attached hydrogens (tertiary/aromatic N) is 1. The Kier molecular flexibility index (Phi) is 4.06. The molecule has 1 aromatic heterocycles. The fourth-order valence-corrected chi connectivity index (χ4v) is 2.92. The van der Waals surface area contributed by atoms with Crippen LogP contribution >= 0.6 is 11.3 Å². The van der Waals surface area contributed by atoms with Crippen molar-refractivity contribution in [1.82, 2.24) is 5.43 Å². The van der Waals surface area contributed by atoms with Crippen LogP contribution in [0.15, 0.2) is 46.9 Å². The van der Waals surface area contributed by atoms with Gasteiger partial charge in [0.1, 0.15) is 5.75 Å². The molecular weight excluding hydrogens is 313 g/mol. The van der Waals surface area contributed by atoms with Crippen molar-refractivity contribution in [3.8, 4) is 5.75 Å². The van der Waals surface area contributed by atoms with Crippen LogP contribution in [0.3, 0.4) is 0 Å². The van der Waals surface area contributed by atoms with Gasteiger partial charge in [-0.15, -0.1) is 11.3 Å². The van der Waals surface area contributed by atoms with Crippen molar-refractivity contribution in [3.05, 3.63) is 52.2 Å². The van der Waals surface area contributed by atoms with E-state index in [4.69, 9.17) is 4.74 Å². The van der Waals surface area contributed by atoms with E-state index in [9.17, 15) is 13.2 Å². The third kappa shape index (κ3) is 3.59. The molecule has 1 unspecified atom stereocenters. The van der Waals surface area contributed by atoms with E-state index in [2.05, 4.69) is 10.5 Å². The molecule has 2 aromatic rings. The molecule has 3 nitrogen and oxygen atoms in total. The van der Waals surface area contributed by atoms with Crippen molar-refractivity contribution >= 4 is 17.0 Å². The number of alkyl halides is 3. The second kappa shape index (κ2) is 6.00. The first-order chi connectivity index (χ1) is 10.5. The van der Waals surface area contributed by atoms with Gasteiger partial charge in [-0.1, -0.05) is 18.2 Å². The van der Waals surface area contributed by atoms with Crippen LogP contribution in [-0.4, -0.2) is 18.5 Å². The van der Waals surface area contributed by atoms with E-state index in [1.807, 2.05) is 17.5 Å². The highest BCUT2D eigenvalue weighted by Gasteiger charge is 2.28. The van der Waals surface area contributed by atoms with Crippen LogP contribution in [-0.2, 0) is 0 Å². The minimum atomic E-state index is -4.32. The van der Waals surface area contributed by atoms with E-state index < -0.39 is 12.8 Å². The summed E-state index contributed by atoms with van der Waals surface area (Å²) in [7, 11) is 0. The summed E-state index contributed by atoms with van der Waals surface area (Å²) >= 11 is 1.63. The second-order valence-electron chi connectivity index (χ2n) is 4.89. The molecule has 0 bridgehead atoms. The van der Waals surface area contributed by atoms with E-state index >= 15 is 0 Å². The topological polar surface area (TPSA) is 33.6 Å². The lowest BCUT2D eigenvalue weighted by Crippen LogP contribution is -2.19. The predicted molar refractivity (Wildman–Crippen MR) is 79.3 cm³/mol. The second-order valence-corrected chi connectivity index (χ2v) is 5.84. The molecule has 1 N–H and O–H groups in total. The van der Waals surface area contributed by atoms with Crippen molar-refractivity contribution in [1.29, 1.82) is 0 Å². The maximum absolute atomic E-state index is 12.1. The number of rotatable bonds is 4. The summed E-state index contributed by atoms with van der Waals surface area (Å²) in [6, 6.07) is 10.6. The molecule has 116 valence electrons. The summed E-state index contributed by atoms with van der Waals surface area (Å²) in [6.45, 7) is -1.28. The molecule has 0 radical (unpaired) electrons. The summed E-state index contributed by atoms with van der Waals surface area (Å²) in [5, 5.41) is 6.32. The lowest BCUT2D eigenvalue weighted by atomic mass is 10.0. The van der Waals surface area contributed by atoms with Gasteiger partial charge >= 0.3 is 6.18 Å². The normalized spacial score (nSPS) is 18.0. The van der Waals surface area contributed by atoms with Crippen LogP contribution in [0, 0.1) is 0 Å². The zero-order valence-electron chi connectivity index (χ0n) is 11.4. The Balaban J connectivity index is 1.60. The van der Waals surface area contributed by atoms with Gasteiger partial charge in [0.15, 0.2) is 6.61 Å². The van der Waals surface area contributed by atoms with Gasteiger partial charge < -0.3 is 10.2 Å². The van der Waals surface area contributed by atoms with Gasteiger partial charge in [0.05, 0.1) is 16.6 Å². The van der Waals surface area contributed by atoms with Crippen molar-refractivity contribution in [2.75, 3.05) is 6.61 Å². The molecule has 1 atom stereocenters. The molecular formula is C15H13F3N2OS. The zero-order valence-corrected chi connectivity index (χ0v) is 12.2. The van der Waals surface area contributed by atoms with Gasteiger partial charge in [-0.2, -0.15) is 18.3 Å². The lowest BCUT2D eigenvalue weighted by Gasteiger charge is -2.12. The first kappa shape index (κ1) is 14.9. The van der Waals surface area contributed by atoms with Crippen molar-refractivity contribution < 1.29 is 17.9 Å². The third-order valence-electron chi connectivity index (χ3n) is 3.24. The SMILES string of the molecule is FC(F)(F)COc1ccc(C2CC(c3cccs3)=NN2)cc1. The fraction of sp³-hybridized carbons (Fsp3) is 0.267. The Morgan fingerprint density at radius 1 is 1.23 bits per heavy atom. The minimum absolute atomic E-state index is 0.0359. The molecule has 1 aliphatic heterocycles. The van der Waals surface area contributed by atoms with Gasteiger partial charge in [-0.3, -0.25) is 0 Å². The summed E-state index contributed by atoms with van der Waals surface area (Å²) in [6.07, 6.45) is -3.57. The first-order valence-electron chi connectivity index (χ1n) is 6.67. The monoisotopic (exact) mass is 326 g/mol. The number of ether oxygens (including phenoxy) is 1. The molecule has 0 spiro atoms. The van der Waals surface area contributed by atoms with Crippen LogP contribution in [0.4, 0.5) is 13.2 Å². The average molecular weight is 326 g/mol. The predicted octanol–water partition coefficient (Wildman–Crippen LogP) is 4.13. The molecule has 3 rings (SSSR count). The molecule has 0 saturated carbocycles. The Morgan fingerprint density at radius 3 is 2.64 bits per heavy atom. The van der Waals surface area contributed by atoms with Gasteiger partial charge in [-0.05, 0) is 29.1 Å². The van der Waals surface area contributed by atoms with E-state index in [1.165, 1.54) is 0 Å². The summed E-state index contributed by atoms with van der Waals surface area (Å²) < 4.78 is 41.0. The van der Waals surface area contributed by atoms with Crippen LogP contribution in [0.1, 0.15) is 22.9 Å². The van der Waals surface area contributed by atoms with Crippen molar-refractivity contribution in [2.45, 2.75) is 18.6 Å². The number of benzene rings is 1. The molecule has 7 heteroatoms. The summed E-state index contributed by atoms with van der Waals surface area (Å²) in [5.74, 6) is 0.207. The largest absolute Gasteiger partial charge is 0.484 e. The molecule has 0 aliphatic carbocycles. The van der Waals surface area contributed by atoms with Gasteiger partial charge in [0.25, 0.3) is 0 Å². The average Bonchev–Trinajstić information content (AvgIpc) is 3.15. The maximum Gasteiger partial charge on any atom is 0.422 e. The molecule has 0 saturated heterocycles. The highest BCUT2D eigenvalue weighted by molar-refractivity contribution is 7.12. The number of hydrogen-bond acceptors (Lipinski definition) is 4. The fourth-order valence-electron chi connectivity index (χ4n) is 2.19. The van der Waals surface area contributed by atoms with E-state index in [0.29, 0.717) is 0 Å². The molecule has 0 amide bonds. The van der Waals surface area contributed by atoms with E-state index in [1.54, 1.807) is 35.6 Å². The smallest absolute Gasteiger partial charge is 0.422 e. The number of nitrogens with one attached hydrogen (secondary N) is 1. The van der Waals surface area contributed by atoms with Gasteiger partial charge in [-0.25, -0.2) is 0 Å². The number of halogens is 3. The van der Waals surface area contributed by atoms with Gasteiger partial charge in [0.2, 0.25) is 0 Å². The van der Waals surface area contributed by atoms with Crippen LogP contribution in [0.25, 0.3) is 0 Å². The number of hydrogen-bond donors (Lipinski definition) is 1. The highest BCUT2D eigenvalue weighted by Crippen LogP contribution is 2.27. The molecule has 0 fully saturated rings. The van der Waals surface area contributed by atoms with Crippen LogP contribution in [0.2, 0.25) is 0 Å². The molecule has 1 aromatic carbocycles. The third-order valence-corrected chi connectivity index (χ3v) is 4.16. The van der Waals surface area contributed by atoms with Gasteiger partial charge in [0, 0.05) is 6.42 Å². The summed E-state index contributed by atoms with van der Waals surface area (Å²) in [5.41, 5.74) is 5.03. The van der Waals surface area contributed by atoms with Crippen LogP contribution < -0.4 is 10.2 Å². The van der Waals surface area contributed by atoms with Crippen molar-refractivity contribution in [3.63, 3.8) is 0 Å². The first-order valence-corrected chi connectivity index (χ1v) is 7.55. The molecule has 1 aliphatic rings. The summed E-state index contributed by atoms with van der Waals surface area (Å²) in [4.78, 5) is 1.13. The number of thiophene rings is 1. The molecule has 22 heavy (non-hydrogen) atoms. The Hall–Kier alpha value is -2.02. The van der Waals surface area contributed by atoms with Crippen LogP contribution in [0.5, 0.6) is 5.75 Å². The number of hydrazone groups is 1. The van der Waals surface area contributed by atoms with E-state index in [0.717, 1.165) is 22.6 Å². The minimum Gasteiger partial charge on any atom is -0.484 e. The highest BCUT2D eigenvalue weighted by atomic mass is 32.1. The standard InChI is InChI=1S/C15H13F3N2OS/c16-15(17,18)9-21-11-5-3-10(4-6-11)12-8-13(20-19-12)14-2-1-7-22-14/h1-7,12,19H,8-9H2. The zero-order chi connectivity index (χ0) is 15.6. The lowest BCUT2D eigenvalue weighted by molar-refractivity contribution is -0.153. The maximum atomic E-state index is 12.1.